The molecule has 0 aromatic heterocycles. The second kappa shape index (κ2) is 6.18. The Bertz CT molecular complexity index is 327. The number of nitrogens with zero attached hydrogens (tertiary/aromatic N) is 1. The molecule has 1 N–H and O–H groups in total. The summed E-state index contributed by atoms with van der Waals surface area (Å²) < 4.78 is 0. The Balaban J connectivity index is 1.79. The van der Waals surface area contributed by atoms with Gasteiger partial charge in [0.05, 0.1) is 6.10 Å². The lowest BCUT2D eigenvalue weighted by molar-refractivity contribution is 0.101. The number of hydrogen-bond donors (Lipinski definition) is 1. The van der Waals surface area contributed by atoms with Gasteiger partial charge in [0.1, 0.15) is 0 Å². The van der Waals surface area contributed by atoms with Gasteiger partial charge in [0, 0.05) is 6.54 Å². The summed E-state index contributed by atoms with van der Waals surface area (Å²) in [5.74, 6) is 0. The van der Waals surface area contributed by atoms with E-state index in [0.717, 1.165) is 26.1 Å². The Labute approximate surface area is 104 Å². The van der Waals surface area contributed by atoms with Gasteiger partial charge in [-0.2, -0.15) is 0 Å². The summed E-state index contributed by atoms with van der Waals surface area (Å²) in [6.07, 6.45) is 4.48. The van der Waals surface area contributed by atoms with E-state index in [-0.39, 0.29) is 6.10 Å². The van der Waals surface area contributed by atoms with Gasteiger partial charge in [-0.15, -0.1) is 0 Å². The summed E-state index contributed by atoms with van der Waals surface area (Å²) in [5, 5.41) is 10.1. The lowest BCUT2D eigenvalue weighted by Gasteiger charge is -2.28. The molecule has 0 aliphatic carbocycles. The van der Waals surface area contributed by atoms with Crippen molar-refractivity contribution in [3.05, 3.63) is 35.4 Å². The van der Waals surface area contributed by atoms with E-state index < -0.39 is 0 Å². The van der Waals surface area contributed by atoms with Crippen LogP contribution in [0.25, 0.3) is 0 Å². The fourth-order valence-corrected chi connectivity index (χ4v) is 2.50. The highest BCUT2D eigenvalue weighted by Gasteiger charge is 2.14. The number of rotatable bonds is 4. The van der Waals surface area contributed by atoms with Crippen LogP contribution in [0.3, 0.4) is 0 Å². The number of aliphatic hydroxyl groups is 1. The number of benzene rings is 1. The summed E-state index contributed by atoms with van der Waals surface area (Å²) in [6.45, 7) is 5.23. The van der Waals surface area contributed by atoms with Gasteiger partial charge in [-0.05, 0) is 44.8 Å². The molecule has 2 heteroatoms. The van der Waals surface area contributed by atoms with Crippen molar-refractivity contribution < 1.29 is 5.11 Å². The van der Waals surface area contributed by atoms with E-state index in [0.29, 0.717) is 0 Å². The van der Waals surface area contributed by atoms with E-state index >= 15 is 0 Å². The van der Waals surface area contributed by atoms with Crippen molar-refractivity contribution >= 4 is 0 Å². The van der Waals surface area contributed by atoms with E-state index in [2.05, 4.69) is 36.1 Å². The van der Waals surface area contributed by atoms with Gasteiger partial charge in [0.15, 0.2) is 0 Å². The van der Waals surface area contributed by atoms with Gasteiger partial charge in [-0.1, -0.05) is 36.2 Å². The topological polar surface area (TPSA) is 23.5 Å². The molecule has 1 fully saturated rings. The summed E-state index contributed by atoms with van der Waals surface area (Å²) in [6, 6.07) is 8.47. The van der Waals surface area contributed by atoms with Crippen LogP contribution < -0.4 is 0 Å². The maximum absolute atomic E-state index is 10.1. The number of aliphatic hydroxyl groups excluding tert-OH is 1. The molecule has 17 heavy (non-hydrogen) atoms. The predicted octanol–water partition coefficient (Wildman–Crippen LogP) is 2.38. The summed E-state index contributed by atoms with van der Waals surface area (Å²) in [4.78, 5) is 2.39. The van der Waals surface area contributed by atoms with Gasteiger partial charge in [-0.25, -0.2) is 0 Å². The highest BCUT2D eigenvalue weighted by Crippen LogP contribution is 2.11. The normalized spacial score (nSPS) is 19.2. The van der Waals surface area contributed by atoms with Gasteiger partial charge >= 0.3 is 0 Å². The molecule has 0 saturated carbocycles. The molecule has 0 amide bonds. The first-order valence-electron chi connectivity index (χ1n) is 6.70. The largest absolute Gasteiger partial charge is 0.391 e. The van der Waals surface area contributed by atoms with Crippen molar-refractivity contribution in [2.75, 3.05) is 19.6 Å². The maximum Gasteiger partial charge on any atom is 0.0707 e. The summed E-state index contributed by atoms with van der Waals surface area (Å²) >= 11 is 0. The lowest BCUT2D eigenvalue weighted by atomic mass is 10.0. The first-order chi connectivity index (χ1) is 8.24. The molecule has 1 atom stereocenters. The Morgan fingerprint density at radius 3 is 2.41 bits per heavy atom. The van der Waals surface area contributed by atoms with Gasteiger partial charge < -0.3 is 10.0 Å². The second-order valence-electron chi connectivity index (χ2n) is 5.20. The van der Waals surface area contributed by atoms with Crippen LogP contribution in [-0.2, 0) is 6.42 Å². The summed E-state index contributed by atoms with van der Waals surface area (Å²) in [7, 11) is 0. The number of β-amino-alcohol motifs (C(OH)–C–C–N with tert-alkyl or cyclic N) is 1. The smallest absolute Gasteiger partial charge is 0.0707 e. The minimum absolute atomic E-state index is 0.226. The molecule has 1 aliphatic rings. The fraction of sp³-hybridized carbons (Fsp3) is 0.600. The zero-order valence-corrected chi connectivity index (χ0v) is 10.7. The third-order valence-electron chi connectivity index (χ3n) is 3.51. The molecular formula is C15H23NO. The molecular weight excluding hydrogens is 210 g/mol. The molecule has 1 heterocycles. The fourth-order valence-electron chi connectivity index (χ4n) is 2.50. The Morgan fingerprint density at radius 1 is 1.12 bits per heavy atom. The van der Waals surface area contributed by atoms with Gasteiger partial charge in [0.25, 0.3) is 0 Å². The van der Waals surface area contributed by atoms with Crippen LogP contribution in [0, 0.1) is 6.92 Å². The first kappa shape index (κ1) is 12.6. The highest BCUT2D eigenvalue weighted by atomic mass is 16.3. The van der Waals surface area contributed by atoms with E-state index in [9.17, 15) is 5.11 Å². The molecule has 1 aliphatic heterocycles. The van der Waals surface area contributed by atoms with Crippen LogP contribution in [0.1, 0.15) is 30.4 Å². The van der Waals surface area contributed by atoms with E-state index in [4.69, 9.17) is 0 Å². The molecule has 0 unspecified atom stereocenters. The molecule has 94 valence electrons. The highest BCUT2D eigenvalue weighted by molar-refractivity contribution is 5.21. The lowest BCUT2D eigenvalue weighted by Crippen LogP contribution is -2.37. The third-order valence-corrected chi connectivity index (χ3v) is 3.51. The number of hydrogen-bond acceptors (Lipinski definition) is 2. The SMILES string of the molecule is Cc1ccc(C[C@@H](O)CN2CCCCC2)cc1. The molecule has 0 bridgehead atoms. The van der Waals surface area contributed by atoms with Crippen molar-refractivity contribution in [3.63, 3.8) is 0 Å². The second-order valence-corrected chi connectivity index (χ2v) is 5.20. The molecule has 0 spiro atoms. The standard InChI is InChI=1S/C15H23NO/c1-13-5-7-14(8-6-13)11-15(17)12-16-9-3-2-4-10-16/h5-8,15,17H,2-4,9-12H2,1H3/t15-/m1/s1. The molecule has 1 aromatic carbocycles. The Kier molecular flexibility index (Phi) is 4.57. The maximum atomic E-state index is 10.1. The van der Waals surface area contributed by atoms with Crippen LogP contribution in [0.15, 0.2) is 24.3 Å². The third kappa shape index (κ3) is 4.14. The Morgan fingerprint density at radius 2 is 1.76 bits per heavy atom. The summed E-state index contributed by atoms with van der Waals surface area (Å²) in [5.41, 5.74) is 2.51. The minimum Gasteiger partial charge on any atom is -0.391 e. The molecule has 0 radical (unpaired) electrons. The first-order valence-corrected chi connectivity index (χ1v) is 6.70. The van der Waals surface area contributed by atoms with Gasteiger partial charge in [0.2, 0.25) is 0 Å². The van der Waals surface area contributed by atoms with Crippen LogP contribution in [0.2, 0.25) is 0 Å². The monoisotopic (exact) mass is 233 g/mol. The average molecular weight is 233 g/mol. The predicted molar refractivity (Wildman–Crippen MR) is 71.2 cm³/mol. The minimum atomic E-state index is -0.226. The van der Waals surface area contributed by atoms with Gasteiger partial charge in [-0.3, -0.25) is 0 Å². The van der Waals surface area contributed by atoms with Crippen LogP contribution in [0.5, 0.6) is 0 Å². The molecule has 2 rings (SSSR count). The Hall–Kier alpha value is -0.860. The van der Waals surface area contributed by atoms with Crippen LogP contribution in [-0.4, -0.2) is 35.7 Å². The quantitative estimate of drug-likeness (QED) is 0.863. The zero-order valence-electron chi connectivity index (χ0n) is 10.7. The van der Waals surface area contributed by atoms with Crippen molar-refractivity contribution in [3.8, 4) is 0 Å². The molecule has 1 saturated heterocycles. The van der Waals surface area contributed by atoms with E-state index in [1.165, 1.54) is 30.4 Å². The van der Waals surface area contributed by atoms with Crippen LogP contribution >= 0.6 is 0 Å². The van der Waals surface area contributed by atoms with Crippen molar-refractivity contribution in [1.29, 1.82) is 0 Å². The van der Waals surface area contributed by atoms with E-state index in [1.807, 2.05) is 0 Å². The number of piperidine rings is 1. The van der Waals surface area contributed by atoms with Crippen LogP contribution in [0.4, 0.5) is 0 Å². The average Bonchev–Trinajstić information content (AvgIpc) is 2.33. The number of aryl methyl sites for hydroxylation is 1. The van der Waals surface area contributed by atoms with Crippen molar-refractivity contribution in [2.24, 2.45) is 0 Å². The van der Waals surface area contributed by atoms with Crippen molar-refractivity contribution in [2.45, 2.75) is 38.7 Å². The molecule has 2 nitrogen and oxygen atoms in total. The molecule has 1 aromatic rings. The van der Waals surface area contributed by atoms with Crippen molar-refractivity contribution in [1.82, 2.24) is 4.90 Å². The number of likely N-dealkylation sites (tertiary alicyclic amines) is 1. The zero-order chi connectivity index (χ0) is 12.1. The van der Waals surface area contributed by atoms with E-state index in [1.54, 1.807) is 0 Å².